The number of aliphatic hydroxyl groups is 5. The first-order valence-electron chi connectivity index (χ1n) is 21.1. The highest BCUT2D eigenvalue weighted by atomic mass is 16.5. The third-order valence-electron chi connectivity index (χ3n) is 14.0. The fourth-order valence-electron chi connectivity index (χ4n) is 11.0. The summed E-state index contributed by atoms with van der Waals surface area (Å²) in [5, 5.41) is 64.1. The Morgan fingerprint density at radius 3 is 2.66 bits per heavy atom. The topological polar surface area (TPSA) is 152 Å². The van der Waals surface area contributed by atoms with Crippen LogP contribution in [0.2, 0.25) is 0 Å². The maximum Gasteiger partial charge on any atom is 0.145 e. The molecule has 0 aromatic heterocycles. The maximum absolute atomic E-state index is 12.8. The monoisotopic (exact) mass is 775 g/mol. The molecule has 56 heavy (non-hydrogen) atoms. The first-order valence-corrected chi connectivity index (χ1v) is 21.1. The third-order valence-corrected chi connectivity index (χ3v) is 14.0. The average molecular weight is 775 g/mol. The lowest BCUT2D eigenvalue weighted by molar-refractivity contribution is -0.190. The molecule has 4 aliphatic rings. The van der Waals surface area contributed by atoms with Crippen LogP contribution in [0.15, 0.2) is 83.0 Å². The molecule has 9 atom stereocenters. The van der Waals surface area contributed by atoms with E-state index in [0.717, 1.165) is 60.7 Å². The quantitative estimate of drug-likeness (QED) is 0.0681. The molecule has 3 aliphatic carbocycles. The van der Waals surface area contributed by atoms with Gasteiger partial charge in [0.25, 0.3) is 0 Å². The van der Waals surface area contributed by atoms with Gasteiger partial charge in [-0.2, -0.15) is 0 Å². The Bertz CT molecular complexity index is 1630. The predicted molar refractivity (Wildman–Crippen MR) is 223 cm³/mol. The number of aldehydes is 1. The molecule has 9 nitrogen and oxygen atoms in total. The number of carbonyl (C=O) groups is 1. The van der Waals surface area contributed by atoms with Gasteiger partial charge in [-0.05, 0) is 157 Å². The number of methoxy groups -OCH3 is 1. The number of carbonyl (C=O) groups excluding carboxylic acids is 1. The van der Waals surface area contributed by atoms with E-state index < -0.39 is 23.3 Å². The van der Waals surface area contributed by atoms with E-state index in [-0.39, 0.29) is 42.4 Å². The molecule has 9 heteroatoms. The summed E-state index contributed by atoms with van der Waals surface area (Å²) in [7, 11) is 3.57. The normalized spacial score (nSPS) is 35.2. The van der Waals surface area contributed by atoms with Crippen molar-refractivity contribution in [1.82, 2.24) is 10.6 Å². The van der Waals surface area contributed by atoms with Crippen LogP contribution in [-0.4, -0.2) is 95.8 Å². The fraction of sp³-hybridized carbons (Fsp3) is 0.638. The molecule has 5 rings (SSSR count). The summed E-state index contributed by atoms with van der Waals surface area (Å²) in [5.41, 5.74) is 4.35. The Morgan fingerprint density at radius 1 is 1.16 bits per heavy atom. The van der Waals surface area contributed by atoms with Gasteiger partial charge in [0.1, 0.15) is 12.5 Å². The van der Waals surface area contributed by atoms with E-state index in [1.165, 1.54) is 11.1 Å². The van der Waals surface area contributed by atoms with E-state index in [1.54, 1.807) is 7.11 Å². The number of nitrogens with one attached hydrogen (secondary N) is 2. The molecule has 1 heterocycles. The van der Waals surface area contributed by atoms with Crippen molar-refractivity contribution in [1.29, 1.82) is 0 Å². The first kappa shape index (κ1) is 44.4. The maximum atomic E-state index is 12.8. The van der Waals surface area contributed by atoms with Crippen molar-refractivity contribution in [3.05, 3.63) is 94.1 Å². The lowest BCUT2D eigenvalue weighted by atomic mass is 9.47. The Hall–Kier alpha value is -2.73. The molecule has 2 saturated carbocycles. The highest BCUT2D eigenvalue weighted by Crippen LogP contribution is 2.66. The second-order valence-electron chi connectivity index (χ2n) is 17.6. The Kier molecular flexibility index (Phi) is 15.7. The molecule has 0 saturated heterocycles. The number of rotatable bonds is 15. The second-order valence-corrected chi connectivity index (χ2v) is 17.6. The van der Waals surface area contributed by atoms with Gasteiger partial charge in [-0.1, -0.05) is 66.3 Å². The predicted octanol–water partition coefficient (Wildman–Crippen LogP) is 5.66. The minimum absolute atomic E-state index is 0.000525. The lowest BCUT2D eigenvalue weighted by Gasteiger charge is -2.60. The van der Waals surface area contributed by atoms with Gasteiger partial charge in [0, 0.05) is 37.2 Å². The number of ether oxygens (including phenoxy) is 1. The Balaban J connectivity index is 1.42. The van der Waals surface area contributed by atoms with Gasteiger partial charge < -0.3 is 35.6 Å². The van der Waals surface area contributed by atoms with Crippen LogP contribution in [0.5, 0.6) is 0 Å². The minimum atomic E-state index is -1.18. The molecule has 0 unspecified atom stereocenters. The van der Waals surface area contributed by atoms with E-state index >= 15 is 0 Å². The summed E-state index contributed by atoms with van der Waals surface area (Å²) in [6.07, 6.45) is 15.9. The van der Waals surface area contributed by atoms with E-state index in [4.69, 9.17) is 4.74 Å². The smallest absolute Gasteiger partial charge is 0.145 e. The lowest BCUT2D eigenvalue weighted by Crippen LogP contribution is -2.63. The van der Waals surface area contributed by atoms with E-state index in [0.29, 0.717) is 70.1 Å². The van der Waals surface area contributed by atoms with Crippen LogP contribution in [0.3, 0.4) is 0 Å². The van der Waals surface area contributed by atoms with Gasteiger partial charge >= 0.3 is 0 Å². The largest absolute Gasteiger partial charge is 0.396 e. The summed E-state index contributed by atoms with van der Waals surface area (Å²) >= 11 is 0. The first-order chi connectivity index (χ1) is 26.9. The van der Waals surface area contributed by atoms with Crippen molar-refractivity contribution in [2.75, 3.05) is 40.5 Å². The zero-order valence-corrected chi connectivity index (χ0v) is 34.4. The zero-order valence-electron chi connectivity index (χ0n) is 34.4. The van der Waals surface area contributed by atoms with Gasteiger partial charge in [-0.3, -0.25) is 10.1 Å². The van der Waals surface area contributed by atoms with Crippen LogP contribution in [0.25, 0.3) is 0 Å². The summed E-state index contributed by atoms with van der Waals surface area (Å²) < 4.78 is 5.40. The number of hydrogen-bond acceptors (Lipinski definition) is 9. The average Bonchev–Trinajstić information content (AvgIpc) is 3.53. The molecule has 7 N–H and O–H groups in total. The molecule has 1 aromatic carbocycles. The number of allylic oxidation sites excluding steroid dienone is 7. The van der Waals surface area contributed by atoms with E-state index in [9.17, 15) is 30.3 Å². The summed E-state index contributed by atoms with van der Waals surface area (Å²) in [6, 6.07) is 8.65. The van der Waals surface area contributed by atoms with Gasteiger partial charge in [0.2, 0.25) is 0 Å². The van der Waals surface area contributed by atoms with Crippen molar-refractivity contribution in [3.8, 4) is 0 Å². The Morgan fingerprint density at radius 2 is 1.95 bits per heavy atom. The van der Waals surface area contributed by atoms with Crippen molar-refractivity contribution in [2.45, 2.75) is 121 Å². The highest BCUT2D eigenvalue weighted by Gasteiger charge is 2.67. The number of fused-ring (bicyclic) bond motifs is 3. The minimum Gasteiger partial charge on any atom is -0.396 e. The standard InChI is InChI=1S/C47H70N2O7/c1-32(36-18-17-33(2)44(54)49-45(3,22-25-56-5)28-35-12-7-11-34(26-35)27-36)10-6-14-38(30-51)40-19-20-47(43(40)53)41(16-9-24-50)42-37(13-8-15-39(42)31-52)29-46(47,55)21-23-48-4/h6-7,10-12,14,17,26,31,36-37,40-41,43-44,48-51,53-55H,1,8-9,13,15-16,18-25,27-30H2,2-5H3/b10-6+,33-17+,38-14-/t36-,37+,40-,41-,43+,44+,45-,46+,47+/m0/s1. The fourth-order valence-corrected chi connectivity index (χ4v) is 11.0. The second kappa shape index (κ2) is 19.8. The number of benzene rings is 1. The van der Waals surface area contributed by atoms with E-state index in [1.807, 2.05) is 32.2 Å². The molecule has 2 bridgehead atoms. The van der Waals surface area contributed by atoms with Crippen LogP contribution in [0.4, 0.5) is 0 Å². The van der Waals surface area contributed by atoms with Gasteiger partial charge in [0.05, 0.1) is 18.3 Å². The van der Waals surface area contributed by atoms with E-state index in [2.05, 4.69) is 54.5 Å². The van der Waals surface area contributed by atoms with Crippen molar-refractivity contribution >= 4 is 6.29 Å². The van der Waals surface area contributed by atoms with Crippen molar-refractivity contribution < 1.29 is 35.1 Å². The van der Waals surface area contributed by atoms with Gasteiger partial charge in [-0.15, -0.1) is 0 Å². The molecular formula is C47H70N2O7. The summed E-state index contributed by atoms with van der Waals surface area (Å²) in [5.74, 6) is -0.482. The van der Waals surface area contributed by atoms with Crippen LogP contribution >= 0.6 is 0 Å². The third kappa shape index (κ3) is 9.58. The molecule has 1 aromatic rings. The molecule has 310 valence electrons. The molecule has 2 fully saturated rings. The van der Waals surface area contributed by atoms with Crippen LogP contribution < -0.4 is 10.6 Å². The highest BCUT2D eigenvalue weighted by molar-refractivity contribution is 5.75. The zero-order chi connectivity index (χ0) is 40.5. The summed E-state index contributed by atoms with van der Waals surface area (Å²) in [6.45, 7) is 9.52. The molecule has 1 aliphatic heterocycles. The van der Waals surface area contributed by atoms with Gasteiger partial charge in [-0.25, -0.2) is 0 Å². The van der Waals surface area contributed by atoms with Crippen molar-refractivity contribution in [2.24, 2.45) is 29.1 Å². The van der Waals surface area contributed by atoms with Crippen molar-refractivity contribution in [3.63, 3.8) is 0 Å². The van der Waals surface area contributed by atoms with Crippen LogP contribution in [-0.2, 0) is 22.4 Å². The summed E-state index contributed by atoms with van der Waals surface area (Å²) in [4.78, 5) is 12.5. The van der Waals surface area contributed by atoms with Crippen LogP contribution in [0, 0.1) is 29.1 Å². The number of aliphatic hydroxyl groups excluding tert-OH is 4. The molecular weight excluding hydrogens is 705 g/mol. The van der Waals surface area contributed by atoms with Gasteiger partial charge in [0.15, 0.2) is 0 Å². The Labute approximate surface area is 335 Å². The molecule has 0 amide bonds. The SMILES string of the molecule is C=C(/C=C/C=C(/CO)[C@@H]1CC[C@]2([C@@H]1O)[C@@H](CCCO)C1=C(C=O)CCC[C@@H]1C[C@]2(O)CCNC)[C@H]1C/C=C(\C)[C@@H](O)N[C@@](C)(CCOC)Cc2cccc(c2)C1. The molecule has 1 spiro atoms. The van der Waals surface area contributed by atoms with Crippen LogP contribution in [0.1, 0.15) is 95.6 Å². The molecule has 0 radical (unpaired) electrons. The number of hydrogen-bond donors (Lipinski definition) is 7.